The third-order valence-electron chi connectivity index (χ3n) is 6.11. The van der Waals surface area contributed by atoms with Crippen molar-refractivity contribution in [3.8, 4) is 11.1 Å². The van der Waals surface area contributed by atoms with E-state index in [4.69, 9.17) is 0 Å². The molecule has 8 nitrogen and oxygen atoms in total. The molecule has 2 N–H and O–H groups in total. The van der Waals surface area contributed by atoms with Gasteiger partial charge in [-0.2, -0.15) is 4.98 Å². The smallest absolute Gasteiger partial charge is 0.270 e. The number of fused-ring (bicyclic) bond motifs is 1. The molecule has 2 amide bonds. The van der Waals surface area contributed by atoms with Gasteiger partial charge in [0.15, 0.2) is 5.65 Å². The van der Waals surface area contributed by atoms with Gasteiger partial charge in [0, 0.05) is 53.4 Å². The van der Waals surface area contributed by atoms with Crippen LogP contribution in [0.25, 0.3) is 22.2 Å². The molecule has 0 atom stereocenters. The highest BCUT2D eigenvalue weighted by Crippen LogP contribution is 2.32. The minimum absolute atomic E-state index is 0.170. The van der Waals surface area contributed by atoms with Crippen LogP contribution in [-0.2, 0) is 4.79 Å². The summed E-state index contributed by atoms with van der Waals surface area (Å²) >= 11 is 3.58. The largest absolute Gasteiger partial charge is 0.351 e. The lowest BCUT2D eigenvalue weighted by atomic mass is 10.0. The normalized spacial score (nSPS) is 13.2. The number of carbonyl (C=O) groups is 2. The molecule has 2 aromatic heterocycles. The van der Waals surface area contributed by atoms with Gasteiger partial charge < -0.3 is 15.5 Å². The van der Waals surface area contributed by atoms with Crippen molar-refractivity contribution in [2.24, 2.45) is 0 Å². The van der Waals surface area contributed by atoms with Crippen LogP contribution >= 0.6 is 15.9 Å². The SMILES string of the molecule is O=C(NCCCN1CCCC1=O)c1nc2nc(Nc3ccc(F)cc3)ncc2cc1-c1ccccc1Br. The van der Waals surface area contributed by atoms with E-state index in [0.29, 0.717) is 48.2 Å². The minimum atomic E-state index is -0.339. The summed E-state index contributed by atoms with van der Waals surface area (Å²) in [6.07, 6.45) is 3.78. The molecule has 0 unspecified atom stereocenters. The summed E-state index contributed by atoms with van der Waals surface area (Å²) in [5.41, 5.74) is 2.68. The van der Waals surface area contributed by atoms with Crippen molar-refractivity contribution in [3.05, 3.63) is 76.8 Å². The number of aromatic nitrogens is 3. The molecule has 1 aliphatic heterocycles. The topological polar surface area (TPSA) is 100 Å². The van der Waals surface area contributed by atoms with Gasteiger partial charge in [0.05, 0.1) is 0 Å². The van der Waals surface area contributed by atoms with E-state index in [9.17, 15) is 14.0 Å². The Balaban J connectivity index is 1.42. The molecule has 1 fully saturated rings. The molecule has 188 valence electrons. The first kappa shape index (κ1) is 24.8. The molecular formula is C27H24BrFN6O2. The van der Waals surface area contributed by atoms with Crippen molar-refractivity contribution in [2.75, 3.05) is 25.0 Å². The Hall–Kier alpha value is -3.92. The number of hydrogen-bond acceptors (Lipinski definition) is 6. The summed E-state index contributed by atoms with van der Waals surface area (Å²) in [6, 6.07) is 15.3. The minimum Gasteiger partial charge on any atom is -0.351 e. The van der Waals surface area contributed by atoms with Gasteiger partial charge in [-0.3, -0.25) is 9.59 Å². The third-order valence-corrected chi connectivity index (χ3v) is 6.80. The number of nitrogens with one attached hydrogen (secondary N) is 2. The Morgan fingerprint density at radius 3 is 2.65 bits per heavy atom. The molecule has 0 bridgehead atoms. The van der Waals surface area contributed by atoms with Gasteiger partial charge in [-0.25, -0.2) is 14.4 Å². The first-order valence-corrected chi connectivity index (χ1v) is 12.8. The Bertz CT molecular complexity index is 1460. The molecule has 4 aromatic rings. The van der Waals surface area contributed by atoms with Crippen LogP contribution in [-0.4, -0.2) is 51.3 Å². The number of likely N-dealkylation sites (tertiary alicyclic amines) is 1. The van der Waals surface area contributed by atoms with E-state index in [2.05, 4.69) is 41.5 Å². The van der Waals surface area contributed by atoms with E-state index < -0.39 is 0 Å². The monoisotopic (exact) mass is 562 g/mol. The van der Waals surface area contributed by atoms with Crippen LogP contribution < -0.4 is 10.6 Å². The average molecular weight is 563 g/mol. The average Bonchev–Trinajstić information content (AvgIpc) is 3.32. The molecule has 1 saturated heterocycles. The maximum Gasteiger partial charge on any atom is 0.270 e. The van der Waals surface area contributed by atoms with Gasteiger partial charge in [-0.05, 0) is 54.8 Å². The van der Waals surface area contributed by atoms with Crippen molar-refractivity contribution in [2.45, 2.75) is 19.3 Å². The van der Waals surface area contributed by atoms with E-state index in [-0.39, 0.29) is 29.3 Å². The van der Waals surface area contributed by atoms with Crippen molar-refractivity contribution in [1.82, 2.24) is 25.2 Å². The Labute approximate surface area is 221 Å². The number of hydrogen-bond donors (Lipinski definition) is 2. The van der Waals surface area contributed by atoms with Crippen LogP contribution in [0.1, 0.15) is 29.8 Å². The van der Waals surface area contributed by atoms with Gasteiger partial charge in [0.1, 0.15) is 11.5 Å². The molecule has 0 aliphatic carbocycles. The van der Waals surface area contributed by atoms with Crippen LogP contribution in [0.4, 0.5) is 16.0 Å². The van der Waals surface area contributed by atoms with E-state index in [1.165, 1.54) is 12.1 Å². The summed E-state index contributed by atoms with van der Waals surface area (Å²) in [6.45, 7) is 1.81. The second-order valence-electron chi connectivity index (χ2n) is 8.70. The van der Waals surface area contributed by atoms with E-state index in [0.717, 1.165) is 23.0 Å². The van der Waals surface area contributed by atoms with Gasteiger partial charge >= 0.3 is 0 Å². The lowest BCUT2D eigenvalue weighted by Crippen LogP contribution is -2.31. The van der Waals surface area contributed by atoms with E-state index in [1.807, 2.05) is 35.2 Å². The lowest BCUT2D eigenvalue weighted by molar-refractivity contribution is -0.127. The fourth-order valence-corrected chi connectivity index (χ4v) is 4.74. The Morgan fingerprint density at radius 2 is 1.89 bits per heavy atom. The standard InChI is InChI=1S/C27H24BrFN6O2/c28-22-6-2-1-5-20(22)21-15-17-16-31-27(32-19-10-8-18(29)9-11-19)34-25(17)33-24(21)26(37)30-12-4-14-35-13-3-7-23(35)36/h1-2,5-6,8-11,15-16H,3-4,7,12-14H2,(H,30,37)(H,31,32,33,34). The van der Waals surface area contributed by atoms with E-state index in [1.54, 1.807) is 18.3 Å². The second kappa shape index (κ2) is 11.0. The van der Waals surface area contributed by atoms with Crippen LogP contribution in [0, 0.1) is 5.82 Å². The molecule has 2 aromatic carbocycles. The van der Waals surface area contributed by atoms with Crippen LogP contribution in [0.3, 0.4) is 0 Å². The highest BCUT2D eigenvalue weighted by atomic mass is 79.9. The van der Waals surface area contributed by atoms with Crippen molar-refractivity contribution < 1.29 is 14.0 Å². The molecule has 5 rings (SSSR count). The Kier molecular flexibility index (Phi) is 7.36. The number of benzene rings is 2. The molecule has 0 radical (unpaired) electrons. The van der Waals surface area contributed by atoms with Crippen LogP contribution in [0.15, 0.2) is 65.3 Å². The number of anilines is 2. The highest BCUT2D eigenvalue weighted by molar-refractivity contribution is 9.10. The summed E-state index contributed by atoms with van der Waals surface area (Å²) in [5.74, 6) is -0.216. The maximum absolute atomic E-state index is 13.3. The van der Waals surface area contributed by atoms with Crippen molar-refractivity contribution >= 4 is 50.4 Å². The molecule has 0 saturated carbocycles. The second-order valence-corrected chi connectivity index (χ2v) is 9.55. The zero-order valence-corrected chi connectivity index (χ0v) is 21.5. The zero-order chi connectivity index (χ0) is 25.8. The summed E-state index contributed by atoms with van der Waals surface area (Å²) in [4.78, 5) is 40.4. The fraction of sp³-hybridized carbons (Fsp3) is 0.222. The van der Waals surface area contributed by atoms with Crippen molar-refractivity contribution in [3.63, 3.8) is 0 Å². The number of rotatable bonds is 8. The zero-order valence-electron chi connectivity index (χ0n) is 19.9. The molecule has 3 heterocycles. The van der Waals surface area contributed by atoms with Crippen molar-refractivity contribution in [1.29, 1.82) is 0 Å². The first-order valence-electron chi connectivity index (χ1n) is 12.0. The van der Waals surface area contributed by atoms with Gasteiger partial charge in [-0.1, -0.05) is 34.1 Å². The summed E-state index contributed by atoms with van der Waals surface area (Å²) in [5, 5.41) is 6.64. The van der Waals surface area contributed by atoms with Crippen LogP contribution in [0.2, 0.25) is 0 Å². The molecular weight excluding hydrogens is 539 g/mol. The fourth-order valence-electron chi connectivity index (χ4n) is 4.24. The number of nitrogens with zero attached hydrogens (tertiary/aromatic N) is 4. The highest BCUT2D eigenvalue weighted by Gasteiger charge is 2.21. The number of amides is 2. The Morgan fingerprint density at radius 1 is 1.08 bits per heavy atom. The molecule has 0 spiro atoms. The molecule has 10 heteroatoms. The van der Waals surface area contributed by atoms with Gasteiger partial charge in [0.25, 0.3) is 5.91 Å². The predicted octanol–water partition coefficient (Wildman–Crippen LogP) is 5.08. The van der Waals surface area contributed by atoms with E-state index >= 15 is 0 Å². The number of carbonyl (C=O) groups excluding carboxylic acids is 2. The van der Waals surface area contributed by atoms with Gasteiger partial charge in [0.2, 0.25) is 11.9 Å². The third kappa shape index (κ3) is 5.75. The van der Waals surface area contributed by atoms with Gasteiger partial charge in [-0.15, -0.1) is 0 Å². The maximum atomic E-state index is 13.3. The van der Waals surface area contributed by atoms with Crippen LogP contribution in [0.5, 0.6) is 0 Å². The number of halogens is 2. The molecule has 1 aliphatic rings. The lowest BCUT2D eigenvalue weighted by Gasteiger charge is -2.16. The predicted molar refractivity (Wildman–Crippen MR) is 143 cm³/mol. The summed E-state index contributed by atoms with van der Waals surface area (Å²) in [7, 11) is 0. The summed E-state index contributed by atoms with van der Waals surface area (Å²) < 4.78 is 14.1. The first-order chi connectivity index (χ1) is 18.0. The quantitative estimate of drug-likeness (QED) is 0.290. The number of pyridine rings is 1. The molecule has 37 heavy (non-hydrogen) atoms.